The second kappa shape index (κ2) is 13.4. The van der Waals surface area contributed by atoms with E-state index in [1.54, 1.807) is 37.7 Å². The Morgan fingerprint density at radius 1 is 1.19 bits per heavy atom. The van der Waals surface area contributed by atoms with Crippen molar-refractivity contribution >= 4 is 34.5 Å². The van der Waals surface area contributed by atoms with Gasteiger partial charge < -0.3 is 24.3 Å². The Labute approximate surface area is 256 Å². The zero-order valence-corrected chi connectivity index (χ0v) is 25.3. The van der Waals surface area contributed by atoms with Crippen molar-refractivity contribution in [2.24, 2.45) is 0 Å². The van der Waals surface area contributed by atoms with E-state index in [0.717, 1.165) is 42.5 Å². The molecule has 0 unspecified atom stereocenters. The predicted molar refractivity (Wildman–Crippen MR) is 167 cm³/mol. The van der Waals surface area contributed by atoms with Crippen LogP contribution in [0.4, 0.5) is 5.69 Å². The van der Waals surface area contributed by atoms with Crippen LogP contribution in [0.15, 0.2) is 67.1 Å². The van der Waals surface area contributed by atoms with Crippen molar-refractivity contribution in [1.29, 1.82) is 5.26 Å². The molecule has 1 aromatic carbocycles. The molecule has 4 aromatic rings. The molecular formula is C33H35ClN6O3. The first-order chi connectivity index (χ1) is 20.8. The predicted octanol–water partition coefficient (Wildman–Crippen LogP) is 6.18. The van der Waals surface area contributed by atoms with Gasteiger partial charge in [0.2, 0.25) is 11.7 Å². The Morgan fingerprint density at radius 2 is 1.98 bits per heavy atom. The number of imidazole rings is 1. The lowest BCUT2D eigenvalue weighted by atomic mass is 9.93. The molecule has 3 heterocycles. The minimum Gasteiger partial charge on any atom is -0.381 e. The fourth-order valence-electron chi connectivity index (χ4n) is 5.62. The van der Waals surface area contributed by atoms with Gasteiger partial charge in [-0.15, -0.1) is 0 Å². The van der Waals surface area contributed by atoms with Gasteiger partial charge in [0.1, 0.15) is 6.07 Å². The number of carbonyl (C=O) groups is 2. The van der Waals surface area contributed by atoms with Crippen molar-refractivity contribution in [1.82, 2.24) is 19.3 Å². The molecule has 1 amide bonds. The molecule has 5 rings (SSSR count). The van der Waals surface area contributed by atoms with Gasteiger partial charge in [-0.05, 0) is 82.0 Å². The maximum absolute atomic E-state index is 13.6. The zero-order chi connectivity index (χ0) is 30.5. The average Bonchev–Trinajstić information content (AvgIpc) is 3.63. The van der Waals surface area contributed by atoms with Gasteiger partial charge in [-0.2, -0.15) is 5.26 Å². The van der Waals surface area contributed by atoms with Gasteiger partial charge in [-0.1, -0.05) is 17.7 Å². The van der Waals surface area contributed by atoms with E-state index >= 15 is 0 Å². The Balaban J connectivity index is 1.28. The number of pyridine rings is 1. The van der Waals surface area contributed by atoms with E-state index < -0.39 is 0 Å². The number of nitriles is 1. The van der Waals surface area contributed by atoms with E-state index in [2.05, 4.69) is 35.5 Å². The summed E-state index contributed by atoms with van der Waals surface area (Å²) in [6, 6.07) is 14.8. The molecule has 1 fully saturated rings. The number of benzene rings is 1. The van der Waals surface area contributed by atoms with Gasteiger partial charge >= 0.3 is 0 Å². The van der Waals surface area contributed by atoms with Crippen LogP contribution in [0.5, 0.6) is 0 Å². The number of aromatic nitrogens is 3. The van der Waals surface area contributed by atoms with Crippen LogP contribution in [-0.2, 0) is 9.53 Å². The monoisotopic (exact) mass is 598 g/mol. The van der Waals surface area contributed by atoms with E-state index in [1.807, 2.05) is 33.4 Å². The lowest BCUT2D eigenvalue weighted by Crippen LogP contribution is -2.35. The maximum Gasteiger partial charge on any atom is 0.248 e. The molecule has 0 radical (unpaired) electrons. The van der Waals surface area contributed by atoms with Crippen molar-refractivity contribution in [3.8, 4) is 17.3 Å². The SMILES string of the molecule is COC1CCC(NC/C=C/C(=O)Nc2ccc(C(=O)c3ccc4c(-c5c(Cl)ncn5C(C)C)cccn34)cc2C#N)CC1. The second-order valence-corrected chi connectivity index (χ2v) is 11.3. The van der Waals surface area contributed by atoms with Crippen LogP contribution < -0.4 is 10.6 Å². The van der Waals surface area contributed by atoms with Crippen molar-refractivity contribution in [3.63, 3.8) is 0 Å². The van der Waals surface area contributed by atoms with Gasteiger partial charge in [0, 0.05) is 49.1 Å². The molecule has 3 aromatic heterocycles. The van der Waals surface area contributed by atoms with Crippen molar-refractivity contribution in [3.05, 3.63) is 89.1 Å². The van der Waals surface area contributed by atoms with Crippen molar-refractivity contribution in [2.75, 3.05) is 19.0 Å². The fraction of sp³-hybridized carbons (Fsp3) is 0.333. The second-order valence-electron chi connectivity index (χ2n) is 11.0. The lowest BCUT2D eigenvalue weighted by Gasteiger charge is -2.27. The summed E-state index contributed by atoms with van der Waals surface area (Å²) in [5, 5.41) is 16.4. The maximum atomic E-state index is 13.6. The first-order valence-corrected chi connectivity index (χ1v) is 14.8. The summed E-state index contributed by atoms with van der Waals surface area (Å²) in [6.45, 7) is 4.68. The molecule has 43 heavy (non-hydrogen) atoms. The molecule has 0 aliphatic heterocycles. The molecule has 1 aliphatic rings. The number of methoxy groups -OCH3 is 1. The third-order valence-electron chi connectivity index (χ3n) is 7.95. The van der Waals surface area contributed by atoms with Crippen LogP contribution in [-0.4, -0.2) is 51.4 Å². The minimum absolute atomic E-state index is 0.146. The van der Waals surface area contributed by atoms with Crippen LogP contribution in [0.3, 0.4) is 0 Å². The van der Waals surface area contributed by atoms with Crippen molar-refractivity contribution < 1.29 is 14.3 Å². The van der Waals surface area contributed by atoms with Crippen molar-refractivity contribution in [2.45, 2.75) is 57.7 Å². The van der Waals surface area contributed by atoms with E-state index in [9.17, 15) is 14.9 Å². The Bertz CT molecular complexity index is 1710. The molecule has 0 saturated heterocycles. The van der Waals surface area contributed by atoms with Gasteiger partial charge in [0.05, 0.1) is 40.6 Å². The number of nitrogens with zero attached hydrogens (tertiary/aromatic N) is 4. The quantitative estimate of drug-likeness (QED) is 0.166. The summed E-state index contributed by atoms with van der Waals surface area (Å²) < 4.78 is 9.23. The number of fused-ring (bicyclic) bond motifs is 1. The molecule has 222 valence electrons. The molecule has 1 aliphatic carbocycles. The number of carbonyl (C=O) groups excluding carboxylic acids is 2. The molecular weight excluding hydrogens is 564 g/mol. The highest BCUT2D eigenvalue weighted by Crippen LogP contribution is 2.33. The Hall–Kier alpha value is -4.23. The Kier molecular flexibility index (Phi) is 9.41. The van der Waals surface area contributed by atoms with Gasteiger partial charge in [-0.25, -0.2) is 4.98 Å². The lowest BCUT2D eigenvalue weighted by molar-refractivity contribution is -0.111. The molecule has 0 spiro atoms. The largest absolute Gasteiger partial charge is 0.381 e. The Morgan fingerprint density at radius 3 is 2.70 bits per heavy atom. The first-order valence-electron chi connectivity index (χ1n) is 14.5. The highest BCUT2D eigenvalue weighted by Gasteiger charge is 2.21. The summed E-state index contributed by atoms with van der Waals surface area (Å²) in [4.78, 5) is 30.4. The first kappa shape index (κ1) is 30.2. The van der Waals surface area contributed by atoms with Crippen LogP contribution in [0.1, 0.15) is 67.2 Å². The molecule has 0 bridgehead atoms. The van der Waals surface area contributed by atoms with Crippen LogP contribution in [0.2, 0.25) is 5.15 Å². The molecule has 1 saturated carbocycles. The fourth-order valence-corrected chi connectivity index (χ4v) is 5.86. The molecule has 9 nitrogen and oxygen atoms in total. The van der Waals surface area contributed by atoms with Gasteiger partial charge in [0.15, 0.2) is 5.15 Å². The summed E-state index contributed by atoms with van der Waals surface area (Å²) in [5.74, 6) is -0.592. The van der Waals surface area contributed by atoms with Gasteiger partial charge in [-0.3, -0.25) is 9.59 Å². The summed E-state index contributed by atoms with van der Waals surface area (Å²) in [5.41, 5.74) is 3.78. The van der Waals surface area contributed by atoms with Crippen LogP contribution in [0, 0.1) is 11.3 Å². The van der Waals surface area contributed by atoms with Crippen LogP contribution in [0.25, 0.3) is 16.8 Å². The number of hydrogen-bond acceptors (Lipinski definition) is 6. The number of halogens is 1. The highest BCUT2D eigenvalue weighted by molar-refractivity contribution is 6.32. The molecule has 0 atom stereocenters. The number of hydrogen-bond donors (Lipinski definition) is 2. The summed E-state index contributed by atoms with van der Waals surface area (Å²) in [6.07, 6.45) is 11.3. The summed E-state index contributed by atoms with van der Waals surface area (Å²) in [7, 11) is 1.75. The van der Waals surface area contributed by atoms with E-state index in [-0.39, 0.29) is 23.3 Å². The number of ketones is 1. The standard InChI is InChI=1S/C33H35ClN6O3/c1-21(2)40-20-37-33(34)31(40)26-6-5-17-39-28(26)14-15-29(39)32(42)22-8-13-27(23(18-22)19-35)38-30(41)7-4-16-36-24-9-11-25(43-3)12-10-24/h4-8,13-15,17-18,20-21,24-25,36H,9-12,16H2,1-3H3,(H,38,41)/b7-4+. The molecule has 10 heteroatoms. The molecule has 2 N–H and O–H groups in total. The summed E-state index contributed by atoms with van der Waals surface area (Å²) >= 11 is 6.47. The van der Waals surface area contributed by atoms with Crippen LogP contribution >= 0.6 is 11.6 Å². The van der Waals surface area contributed by atoms with Gasteiger partial charge in [0.25, 0.3) is 0 Å². The average molecular weight is 599 g/mol. The van der Waals surface area contributed by atoms with E-state index in [0.29, 0.717) is 40.8 Å². The normalized spacial score (nSPS) is 17.0. The van der Waals surface area contributed by atoms with E-state index in [4.69, 9.17) is 16.3 Å². The minimum atomic E-state index is -0.343. The zero-order valence-electron chi connectivity index (χ0n) is 24.5. The van der Waals surface area contributed by atoms with E-state index in [1.165, 1.54) is 12.1 Å². The number of anilines is 1. The smallest absolute Gasteiger partial charge is 0.248 e. The third-order valence-corrected chi connectivity index (χ3v) is 8.22. The number of amides is 1. The topological polar surface area (TPSA) is 113 Å². The number of rotatable bonds is 10. The number of ether oxygens (including phenoxy) is 1. The third kappa shape index (κ3) is 6.57. The highest BCUT2D eigenvalue weighted by atomic mass is 35.5. The number of nitrogens with one attached hydrogen (secondary N) is 2.